The second-order valence-electron chi connectivity index (χ2n) is 5.46. The van der Waals surface area contributed by atoms with Gasteiger partial charge in [0.05, 0.1) is 18.6 Å². The van der Waals surface area contributed by atoms with Gasteiger partial charge in [0.2, 0.25) is 5.50 Å². The molecule has 0 spiro atoms. The molecule has 0 radical (unpaired) electrons. The van der Waals surface area contributed by atoms with Crippen molar-refractivity contribution >= 4 is 23.9 Å². The van der Waals surface area contributed by atoms with E-state index in [1.165, 1.54) is 18.2 Å². The van der Waals surface area contributed by atoms with Crippen molar-refractivity contribution in [2.75, 3.05) is 13.2 Å². The van der Waals surface area contributed by atoms with Crippen LogP contribution in [-0.2, 0) is 13.6 Å². The van der Waals surface area contributed by atoms with Crippen LogP contribution in [0.2, 0.25) is 0 Å². The van der Waals surface area contributed by atoms with Crippen molar-refractivity contribution in [2.45, 2.75) is 13.8 Å². The standard InChI is InChI=1S/C19H18FO5P/c1-3-23-26(22,24-4-2)19-17(13-8-6-5-7-9-13)16-12-14(20)10-11-15(16)18(21)25-19/h5-12H,3-4H2,1-2H3. The van der Waals surface area contributed by atoms with Gasteiger partial charge >= 0.3 is 13.2 Å². The fourth-order valence-corrected chi connectivity index (χ4v) is 4.49. The zero-order valence-electron chi connectivity index (χ0n) is 14.4. The van der Waals surface area contributed by atoms with Crippen LogP contribution in [0.1, 0.15) is 13.8 Å². The van der Waals surface area contributed by atoms with Gasteiger partial charge in [-0.25, -0.2) is 9.18 Å². The van der Waals surface area contributed by atoms with Crippen molar-refractivity contribution < 1.29 is 22.4 Å². The van der Waals surface area contributed by atoms with Gasteiger partial charge in [-0.3, -0.25) is 4.57 Å². The van der Waals surface area contributed by atoms with Crippen molar-refractivity contribution in [3.63, 3.8) is 0 Å². The lowest BCUT2D eigenvalue weighted by Gasteiger charge is -2.19. The van der Waals surface area contributed by atoms with Gasteiger partial charge in [0, 0.05) is 10.9 Å². The first-order valence-corrected chi connectivity index (χ1v) is 9.76. The van der Waals surface area contributed by atoms with E-state index >= 15 is 0 Å². The van der Waals surface area contributed by atoms with Crippen molar-refractivity contribution in [1.82, 2.24) is 0 Å². The number of halogens is 1. The highest BCUT2D eigenvalue weighted by atomic mass is 31.2. The second-order valence-corrected chi connectivity index (χ2v) is 7.38. The maximum absolute atomic E-state index is 13.9. The maximum atomic E-state index is 13.9. The van der Waals surface area contributed by atoms with E-state index in [9.17, 15) is 13.8 Å². The van der Waals surface area contributed by atoms with Crippen LogP contribution in [0.4, 0.5) is 4.39 Å². The fraction of sp³-hybridized carbons (Fsp3) is 0.211. The summed E-state index contributed by atoms with van der Waals surface area (Å²) < 4.78 is 43.4. The average molecular weight is 376 g/mol. The minimum Gasteiger partial charge on any atom is -0.413 e. The molecule has 1 aromatic heterocycles. The number of hydrogen-bond donors (Lipinski definition) is 0. The highest BCUT2D eigenvalue weighted by molar-refractivity contribution is 7.62. The van der Waals surface area contributed by atoms with Gasteiger partial charge in [-0.1, -0.05) is 30.3 Å². The van der Waals surface area contributed by atoms with E-state index in [0.717, 1.165) is 0 Å². The molecule has 0 amide bonds. The van der Waals surface area contributed by atoms with E-state index in [-0.39, 0.29) is 24.1 Å². The Bertz CT molecular complexity index is 1020. The molecular weight excluding hydrogens is 358 g/mol. The smallest absolute Gasteiger partial charge is 0.397 e. The molecular formula is C19H18FO5P. The molecule has 0 unspecified atom stereocenters. The molecule has 1 heterocycles. The van der Waals surface area contributed by atoms with Crippen LogP contribution in [0, 0.1) is 5.82 Å². The van der Waals surface area contributed by atoms with Crippen LogP contribution in [0.15, 0.2) is 57.7 Å². The van der Waals surface area contributed by atoms with Crippen LogP contribution in [0.3, 0.4) is 0 Å². The third kappa shape index (κ3) is 3.36. The first-order valence-electron chi connectivity index (χ1n) is 8.21. The van der Waals surface area contributed by atoms with E-state index in [0.29, 0.717) is 16.5 Å². The van der Waals surface area contributed by atoms with Crippen LogP contribution >= 0.6 is 7.60 Å². The third-order valence-electron chi connectivity index (χ3n) is 3.78. The number of hydrogen-bond acceptors (Lipinski definition) is 5. The molecule has 7 heteroatoms. The molecule has 0 bridgehead atoms. The van der Waals surface area contributed by atoms with Gasteiger partial charge in [-0.15, -0.1) is 0 Å². The minimum absolute atomic E-state index is 0.0937. The van der Waals surface area contributed by atoms with Crippen LogP contribution in [0.25, 0.3) is 21.9 Å². The van der Waals surface area contributed by atoms with Gasteiger partial charge in [-0.05, 0) is 37.6 Å². The highest BCUT2D eigenvalue weighted by Gasteiger charge is 2.35. The van der Waals surface area contributed by atoms with Gasteiger partial charge < -0.3 is 13.5 Å². The molecule has 2 aromatic carbocycles. The molecule has 0 saturated heterocycles. The molecule has 0 atom stereocenters. The molecule has 5 nitrogen and oxygen atoms in total. The molecule has 26 heavy (non-hydrogen) atoms. The predicted octanol–water partition coefficient (Wildman–Crippen LogP) is 4.49. The van der Waals surface area contributed by atoms with E-state index in [1.54, 1.807) is 38.1 Å². The van der Waals surface area contributed by atoms with Crippen LogP contribution < -0.4 is 11.1 Å². The lowest BCUT2D eigenvalue weighted by Crippen LogP contribution is -2.19. The highest BCUT2D eigenvalue weighted by Crippen LogP contribution is 2.50. The zero-order chi connectivity index (χ0) is 18.7. The molecule has 0 fully saturated rings. The number of benzene rings is 2. The summed E-state index contributed by atoms with van der Waals surface area (Å²) in [5, 5.41) is 0.482. The van der Waals surface area contributed by atoms with Crippen LogP contribution in [-0.4, -0.2) is 13.2 Å². The molecule has 136 valence electrons. The normalized spacial score (nSPS) is 11.8. The fourth-order valence-electron chi connectivity index (χ4n) is 2.78. The first-order chi connectivity index (χ1) is 12.5. The summed E-state index contributed by atoms with van der Waals surface area (Å²) >= 11 is 0. The van der Waals surface area contributed by atoms with E-state index in [2.05, 4.69) is 0 Å². The maximum Gasteiger partial charge on any atom is 0.397 e. The Balaban J connectivity index is 2.46. The van der Waals surface area contributed by atoms with Crippen LogP contribution in [0.5, 0.6) is 0 Å². The lowest BCUT2D eigenvalue weighted by molar-refractivity contribution is 0.225. The van der Waals surface area contributed by atoms with Gasteiger partial charge in [0.15, 0.2) is 0 Å². The summed E-state index contributed by atoms with van der Waals surface area (Å²) in [6.45, 7) is 3.51. The van der Waals surface area contributed by atoms with Gasteiger partial charge in [0.1, 0.15) is 5.82 Å². The summed E-state index contributed by atoms with van der Waals surface area (Å²) in [6, 6.07) is 12.6. The Labute approximate surface area is 149 Å². The lowest BCUT2D eigenvalue weighted by atomic mass is 10.0. The predicted molar refractivity (Wildman–Crippen MR) is 98.4 cm³/mol. The third-order valence-corrected chi connectivity index (χ3v) is 5.79. The SMILES string of the molecule is CCOP(=O)(OCC)c1oc(=O)c2ccc(F)cc2c1-c1ccccc1. The summed E-state index contributed by atoms with van der Waals surface area (Å²) in [5.74, 6) is -0.520. The molecule has 0 aliphatic heterocycles. The van der Waals surface area contributed by atoms with E-state index in [4.69, 9.17) is 13.5 Å². The van der Waals surface area contributed by atoms with Crippen molar-refractivity contribution in [2.24, 2.45) is 0 Å². The molecule has 0 N–H and O–H groups in total. The largest absolute Gasteiger partial charge is 0.413 e. The molecule has 3 rings (SSSR count). The number of rotatable bonds is 6. The number of fused-ring (bicyclic) bond motifs is 1. The summed E-state index contributed by atoms with van der Waals surface area (Å²) in [7, 11) is -3.91. The zero-order valence-corrected chi connectivity index (χ0v) is 15.3. The minimum atomic E-state index is -3.91. The Morgan fingerprint density at radius 3 is 2.27 bits per heavy atom. The van der Waals surface area contributed by atoms with Crippen molar-refractivity contribution in [3.8, 4) is 11.1 Å². The Morgan fingerprint density at radius 1 is 1.00 bits per heavy atom. The molecule has 0 aliphatic rings. The topological polar surface area (TPSA) is 65.7 Å². The quantitative estimate of drug-likeness (QED) is 0.593. The molecule has 0 aliphatic carbocycles. The average Bonchev–Trinajstić information content (AvgIpc) is 2.62. The monoisotopic (exact) mass is 376 g/mol. The molecule has 0 saturated carbocycles. The van der Waals surface area contributed by atoms with Gasteiger partial charge in [0.25, 0.3) is 0 Å². The van der Waals surface area contributed by atoms with Gasteiger partial charge in [-0.2, -0.15) is 0 Å². The Morgan fingerprint density at radius 2 is 1.65 bits per heavy atom. The first kappa shape index (κ1) is 18.5. The van der Waals surface area contributed by atoms with Crippen molar-refractivity contribution in [3.05, 3.63) is 64.8 Å². The second kappa shape index (κ2) is 7.54. The van der Waals surface area contributed by atoms with E-state index < -0.39 is 19.0 Å². The summed E-state index contributed by atoms with van der Waals surface area (Å²) in [6.07, 6.45) is 0. The van der Waals surface area contributed by atoms with E-state index in [1.807, 2.05) is 6.07 Å². The summed E-state index contributed by atoms with van der Waals surface area (Å²) in [5.41, 5.74) is -0.00349. The molecule has 3 aromatic rings. The Kier molecular flexibility index (Phi) is 5.37. The van der Waals surface area contributed by atoms with Crippen molar-refractivity contribution in [1.29, 1.82) is 0 Å². The Hall–Kier alpha value is -2.27. The summed E-state index contributed by atoms with van der Waals surface area (Å²) in [4.78, 5) is 12.4.